The maximum absolute atomic E-state index is 13.3. The Morgan fingerprint density at radius 2 is 1.70 bits per heavy atom. The number of anilines is 1. The minimum Gasteiger partial charge on any atom is -0.508 e. The van der Waals surface area contributed by atoms with Crippen molar-refractivity contribution in [3.8, 4) is 17.2 Å². The van der Waals surface area contributed by atoms with E-state index in [-0.39, 0.29) is 22.3 Å². The number of aromatic hydroxyl groups is 1. The monoisotopic (exact) mass is 419 g/mol. The van der Waals surface area contributed by atoms with Gasteiger partial charge in [-0.2, -0.15) is 0 Å². The highest BCUT2D eigenvalue weighted by Gasteiger charge is 2.41. The number of ether oxygens (including phenoxy) is 1. The van der Waals surface area contributed by atoms with Gasteiger partial charge in [-0.3, -0.25) is 9.69 Å². The van der Waals surface area contributed by atoms with E-state index in [1.54, 1.807) is 36.0 Å². The average Bonchev–Trinajstić information content (AvgIpc) is 3.10. The third kappa shape index (κ3) is 4.46. The third-order valence-electron chi connectivity index (χ3n) is 5.11. The van der Waals surface area contributed by atoms with Gasteiger partial charge >= 0.3 is 0 Å². The number of phenolic OH excluding ortho intramolecular Hbond substituents is 1. The number of phenols is 1. The molecular formula is C25H25NO3S. The number of para-hydroxylation sites is 1. The molecule has 0 radical (unpaired) electrons. The Balaban J connectivity index is 1.65. The van der Waals surface area contributed by atoms with Crippen molar-refractivity contribution in [1.29, 1.82) is 0 Å². The molecule has 30 heavy (non-hydrogen) atoms. The molecule has 1 saturated heterocycles. The summed E-state index contributed by atoms with van der Waals surface area (Å²) < 4.78 is 6.01. The van der Waals surface area contributed by atoms with Crippen LogP contribution in [0.15, 0.2) is 78.9 Å². The molecule has 1 N–H and O–H groups in total. The zero-order valence-corrected chi connectivity index (χ0v) is 17.7. The first-order chi connectivity index (χ1) is 14.7. The number of hydrogen-bond donors (Lipinski definition) is 1. The van der Waals surface area contributed by atoms with Crippen molar-refractivity contribution >= 4 is 23.4 Å². The number of carbonyl (C=O) groups is 1. The Morgan fingerprint density at radius 3 is 2.43 bits per heavy atom. The van der Waals surface area contributed by atoms with Gasteiger partial charge in [0, 0.05) is 5.69 Å². The molecule has 0 aliphatic carbocycles. The number of nitrogens with zero attached hydrogens (tertiary/aromatic N) is 1. The van der Waals surface area contributed by atoms with Gasteiger partial charge in [0.2, 0.25) is 5.91 Å². The van der Waals surface area contributed by atoms with Crippen LogP contribution in [0.5, 0.6) is 17.2 Å². The first-order valence-corrected chi connectivity index (χ1v) is 11.2. The van der Waals surface area contributed by atoms with Crippen molar-refractivity contribution < 1.29 is 14.6 Å². The van der Waals surface area contributed by atoms with Gasteiger partial charge in [-0.05, 0) is 60.5 Å². The molecule has 1 aliphatic heterocycles. The lowest BCUT2D eigenvalue weighted by Crippen LogP contribution is -2.31. The number of carbonyl (C=O) groups excluding carboxylic acids is 1. The molecule has 0 bridgehead atoms. The topological polar surface area (TPSA) is 49.8 Å². The van der Waals surface area contributed by atoms with E-state index < -0.39 is 0 Å². The summed E-state index contributed by atoms with van der Waals surface area (Å²) in [7, 11) is 0. The standard InChI is InChI=1S/C25H25NO3S/c1-2-3-12-23-24(28)26(19-13-15-20(27)16-14-19)25(30-23)18-8-7-11-22(17-18)29-21-9-5-4-6-10-21/h4-11,13-17,23,25,27H,2-3,12H2,1H3. The highest BCUT2D eigenvalue weighted by Crippen LogP contribution is 2.47. The predicted octanol–water partition coefficient (Wildman–Crippen LogP) is 6.52. The molecule has 154 valence electrons. The van der Waals surface area contributed by atoms with E-state index in [1.807, 2.05) is 59.5 Å². The van der Waals surface area contributed by atoms with Crippen LogP contribution < -0.4 is 9.64 Å². The van der Waals surface area contributed by atoms with E-state index in [4.69, 9.17) is 4.74 Å². The Morgan fingerprint density at radius 1 is 0.967 bits per heavy atom. The number of hydrogen-bond acceptors (Lipinski definition) is 4. The van der Waals surface area contributed by atoms with Crippen molar-refractivity contribution in [2.45, 2.75) is 36.8 Å². The summed E-state index contributed by atoms with van der Waals surface area (Å²) >= 11 is 1.69. The van der Waals surface area contributed by atoms with Crippen molar-refractivity contribution in [3.05, 3.63) is 84.4 Å². The quantitative estimate of drug-likeness (QED) is 0.473. The molecule has 0 saturated carbocycles. The lowest BCUT2D eigenvalue weighted by molar-refractivity contribution is -0.117. The van der Waals surface area contributed by atoms with Crippen molar-refractivity contribution in [1.82, 2.24) is 0 Å². The number of unbranched alkanes of at least 4 members (excludes halogenated alkanes) is 1. The number of amides is 1. The minimum atomic E-state index is -0.136. The summed E-state index contributed by atoms with van der Waals surface area (Å²) in [5, 5.41) is 9.46. The largest absolute Gasteiger partial charge is 0.508 e. The summed E-state index contributed by atoms with van der Waals surface area (Å²) in [5.41, 5.74) is 1.82. The fourth-order valence-corrected chi connectivity index (χ4v) is 5.08. The summed E-state index contributed by atoms with van der Waals surface area (Å²) in [4.78, 5) is 15.1. The Labute approximate surface area is 181 Å². The maximum atomic E-state index is 13.3. The molecule has 1 fully saturated rings. The van der Waals surface area contributed by atoms with E-state index in [9.17, 15) is 9.90 Å². The van der Waals surface area contributed by atoms with Crippen LogP contribution in [0.2, 0.25) is 0 Å². The highest BCUT2D eigenvalue weighted by atomic mass is 32.2. The highest BCUT2D eigenvalue weighted by molar-refractivity contribution is 8.01. The van der Waals surface area contributed by atoms with Crippen LogP contribution in [0.4, 0.5) is 5.69 Å². The van der Waals surface area contributed by atoms with E-state index in [2.05, 4.69) is 6.92 Å². The Bertz CT molecular complexity index is 991. The first-order valence-electron chi connectivity index (χ1n) is 10.3. The smallest absolute Gasteiger partial charge is 0.241 e. The van der Waals surface area contributed by atoms with Gasteiger partial charge in [0.05, 0.1) is 5.25 Å². The van der Waals surface area contributed by atoms with Crippen molar-refractivity contribution in [3.63, 3.8) is 0 Å². The van der Waals surface area contributed by atoms with Crippen LogP contribution in [-0.2, 0) is 4.79 Å². The summed E-state index contributed by atoms with van der Waals surface area (Å²) in [6.07, 6.45) is 2.95. The molecule has 1 aliphatic rings. The van der Waals surface area contributed by atoms with Gasteiger partial charge in [-0.1, -0.05) is 50.1 Å². The normalized spacial score (nSPS) is 18.6. The van der Waals surface area contributed by atoms with Crippen LogP contribution in [0, 0.1) is 0 Å². The molecule has 0 aromatic heterocycles. The molecule has 4 nitrogen and oxygen atoms in total. The molecule has 4 rings (SSSR count). The van der Waals surface area contributed by atoms with Crippen LogP contribution in [-0.4, -0.2) is 16.3 Å². The predicted molar refractivity (Wildman–Crippen MR) is 122 cm³/mol. The second-order valence-corrected chi connectivity index (χ2v) is 8.62. The number of thioether (sulfide) groups is 1. The second-order valence-electron chi connectivity index (χ2n) is 7.33. The molecule has 1 heterocycles. The maximum Gasteiger partial charge on any atom is 0.241 e. The van der Waals surface area contributed by atoms with Crippen molar-refractivity contribution in [2.24, 2.45) is 0 Å². The van der Waals surface area contributed by atoms with Crippen molar-refractivity contribution in [2.75, 3.05) is 4.90 Å². The lowest BCUT2D eigenvalue weighted by Gasteiger charge is -2.24. The van der Waals surface area contributed by atoms with Gasteiger partial charge in [0.15, 0.2) is 0 Å². The average molecular weight is 420 g/mol. The lowest BCUT2D eigenvalue weighted by atomic mass is 10.1. The number of rotatable bonds is 7. The van der Waals surface area contributed by atoms with Crippen LogP contribution in [0.25, 0.3) is 0 Å². The van der Waals surface area contributed by atoms with Crippen LogP contribution >= 0.6 is 11.8 Å². The van der Waals surface area contributed by atoms with Gasteiger partial charge in [-0.15, -0.1) is 11.8 Å². The molecule has 0 spiro atoms. The van der Waals surface area contributed by atoms with E-state index in [0.29, 0.717) is 0 Å². The molecule has 1 amide bonds. The van der Waals surface area contributed by atoms with Gasteiger partial charge in [-0.25, -0.2) is 0 Å². The molecule has 5 heteroatoms. The second kappa shape index (κ2) is 9.26. The summed E-state index contributed by atoms with van der Waals surface area (Å²) in [5.74, 6) is 1.84. The fourth-order valence-electron chi connectivity index (χ4n) is 3.59. The Kier molecular flexibility index (Phi) is 6.29. The SMILES string of the molecule is CCCCC1SC(c2cccc(Oc3ccccc3)c2)N(c2ccc(O)cc2)C1=O. The third-order valence-corrected chi connectivity index (χ3v) is 6.62. The van der Waals surface area contributed by atoms with Crippen LogP contribution in [0.3, 0.4) is 0 Å². The number of benzene rings is 3. The first kappa shape index (κ1) is 20.4. The van der Waals surface area contributed by atoms with E-state index in [1.165, 1.54) is 0 Å². The summed E-state index contributed by atoms with van der Waals surface area (Å²) in [6.45, 7) is 2.14. The molecular weight excluding hydrogens is 394 g/mol. The van der Waals surface area contributed by atoms with Gasteiger partial charge in [0.1, 0.15) is 22.6 Å². The van der Waals surface area contributed by atoms with Gasteiger partial charge < -0.3 is 9.84 Å². The minimum absolute atomic E-state index is 0.0672. The zero-order valence-electron chi connectivity index (χ0n) is 16.9. The summed E-state index contributed by atoms with van der Waals surface area (Å²) in [6, 6.07) is 24.5. The van der Waals surface area contributed by atoms with E-state index in [0.717, 1.165) is 42.0 Å². The Hall–Kier alpha value is -2.92. The van der Waals surface area contributed by atoms with Gasteiger partial charge in [0.25, 0.3) is 0 Å². The molecule has 3 aromatic carbocycles. The fraction of sp³-hybridized carbons (Fsp3) is 0.240. The molecule has 3 aromatic rings. The van der Waals surface area contributed by atoms with E-state index >= 15 is 0 Å². The molecule has 2 unspecified atom stereocenters. The van der Waals surface area contributed by atoms with Crippen LogP contribution in [0.1, 0.15) is 37.1 Å². The molecule has 2 atom stereocenters. The zero-order chi connectivity index (χ0) is 20.9.